The smallest absolute Gasteiger partial charge is 0.224 e. The van der Waals surface area contributed by atoms with Crippen LogP contribution in [0.15, 0.2) is 30.8 Å². The van der Waals surface area contributed by atoms with Crippen LogP contribution >= 0.6 is 0 Å². The Morgan fingerprint density at radius 1 is 0.909 bits per heavy atom. The molecule has 0 unspecified atom stereocenters. The second-order valence-corrected chi connectivity index (χ2v) is 10.1. The van der Waals surface area contributed by atoms with Crippen molar-refractivity contribution in [2.24, 2.45) is 0 Å². The van der Waals surface area contributed by atoms with Crippen LogP contribution in [0.5, 0.6) is 0 Å². The first-order valence-electron chi connectivity index (χ1n) is 9.09. The van der Waals surface area contributed by atoms with Gasteiger partial charge in [0.1, 0.15) is 0 Å². The van der Waals surface area contributed by atoms with Gasteiger partial charge in [-0.15, -0.1) is 0 Å². The van der Waals surface area contributed by atoms with E-state index in [4.69, 9.17) is 4.43 Å². The van der Waals surface area contributed by atoms with Gasteiger partial charge in [0, 0.05) is 6.61 Å². The van der Waals surface area contributed by atoms with Gasteiger partial charge in [0.25, 0.3) is 0 Å². The molecule has 0 aliphatic heterocycles. The molecule has 0 amide bonds. The van der Waals surface area contributed by atoms with Gasteiger partial charge in [-0.2, -0.15) is 0 Å². The predicted octanol–water partition coefficient (Wildman–Crippen LogP) is 5.90. The van der Waals surface area contributed by atoms with E-state index in [9.17, 15) is 0 Å². The molecule has 0 radical (unpaired) electrons. The summed E-state index contributed by atoms with van der Waals surface area (Å²) in [6.07, 6.45) is 9.38. The third kappa shape index (κ3) is 5.73. The molecule has 0 N–H and O–H groups in total. The molecule has 0 aromatic heterocycles. The second-order valence-electron chi connectivity index (χ2n) is 6.23. The molecule has 0 bridgehead atoms. The van der Waals surface area contributed by atoms with Gasteiger partial charge in [-0.3, -0.25) is 0 Å². The molecular formula is C20H34OSi. The lowest BCUT2D eigenvalue weighted by atomic mass is 10.2. The second kappa shape index (κ2) is 10.8. The molecule has 0 atom stereocenters. The normalized spacial score (nSPS) is 11.6. The molecule has 1 nitrogen and oxygen atoms in total. The Bertz CT molecular complexity index is 402. The largest absolute Gasteiger partial charge is 0.412 e. The van der Waals surface area contributed by atoms with Gasteiger partial charge in [-0.25, -0.2) is 0 Å². The maximum Gasteiger partial charge on any atom is 0.224 e. The summed E-state index contributed by atoms with van der Waals surface area (Å²) in [6, 6.07) is 11.5. The lowest BCUT2D eigenvalue weighted by Crippen LogP contribution is -2.51. The number of rotatable bonds is 12. The molecule has 0 heterocycles. The number of hydrogen-bond acceptors (Lipinski definition) is 1. The van der Waals surface area contributed by atoms with E-state index < -0.39 is 8.32 Å². The van der Waals surface area contributed by atoms with Crippen LogP contribution in [0.1, 0.15) is 64.9 Å². The fourth-order valence-corrected chi connectivity index (χ4v) is 7.34. The van der Waals surface area contributed by atoms with E-state index in [0.29, 0.717) is 0 Å². The number of hydrogen-bond donors (Lipinski definition) is 0. The summed E-state index contributed by atoms with van der Waals surface area (Å²) in [4.78, 5) is 0. The highest BCUT2D eigenvalue weighted by Crippen LogP contribution is 2.24. The monoisotopic (exact) mass is 318 g/mol. The summed E-state index contributed by atoms with van der Waals surface area (Å²) in [6.45, 7) is 11.6. The zero-order valence-corrected chi connectivity index (χ0v) is 15.9. The van der Waals surface area contributed by atoms with Crippen molar-refractivity contribution in [2.45, 2.75) is 71.4 Å². The molecular weight excluding hydrogens is 284 g/mol. The van der Waals surface area contributed by atoms with E-state index in [0.717, 1.165) is 6.61 Å². The highest BCUT2D eigenvalue weighted by Gasteiger charge is 2.35. The molecule has 0 aliphatic carbocycles. The Balaban J connectivity index is 3.02. The molecule has 22 heavy (non-hydrogen) atoms. The third-order valence-electron chi connectivity index (χ3n) is 4.42. The van der Waals surface area contributed by atoms with Crippen molar-refractivity contribution < 1.29 is 4.43 Å². The fraction of sp³-hybridized carbons (Fsp3) is 0.600. The van der Waals surface area contributed by atoms with Crippen molar-refractivity contribution in [1.29, 1.82) is 0 Å². The first-order valence-corrected chi connectivity index (χ1v) is 11.4. The van der Waals surface area contributed by atoms with Crippen LogP contribution in [-0.4, -0.2) is 14.9 Å². The Hall–Kier alpha value is -0.863. The van der Waals surface area contributed by atoms with E-state index in [1.54, 1.807) is 0 Å². The molecule has 0 saturated heterocycles. The minimum absolute atomic E-state index is 0.930. The number of benzene rings is 1. The highest BCUT2D eigenvalue weighted by molar-refractivity contribution is 6.86. The Morgan fingerprint density at radius 3 is 1.91 bits per heavy atom. The topological polar surface area (TPSA) is 9.23 Å². The molecule has 0 aliphatic rings. The Labute approximate surface area is 138 Å². The van der Waals surface area contributed by atoms with Crippen molar-refractivity contribution >= 4 is 19.6 Å². The zero-order valence-electron chi connectivity index (χ0n) is 14.9. The van der Waals surface area contributed by atoms with E-state index in [1.165, 1.54) is 61.4 Å². The summed E-state index contributed by atoms with van der Waals surface area (Å²) >= 11 is 0. The van der Waals surface area contributed by atoms with Gasteiger partial charge in [-0.05, 0) is 29.3 Å². The van der Waals surface area contributed by atoms with E-state index in [-0.39, 0.29) is 0 Å². The fourth-order valence-electron chi connectivity index (χ4n) is 2.90. The van der Waals surface area contributed by atoms with Gasteiger partial charge in [0.05, 0.1) is 0 Å². The summed E-state index contributed by atoms with van der Waals surface area (Å²) in [7, 11) is -1.82. The van der Waals surface area contributed by atoms with Crippen LogP contribution in [-0.2, 0) is 4.43 Å². The van der Waals surface area contributed by atoms with Gasteiger partial charge in [-0.1, -0.05) is 89.8 Å². The molecule has 124 valence electrons. The average Bonchev–Trinajstić information content (AvgIpc) is 2.57. The lowest BCUT2D eigenvalue weighted by molar-refractivity contribution is 0.296. The van der Waals surface area contributed by atoms with Crippen molar-refractivity contribution in [3.05, 3.63) is 36.4 Å². The van der Waals surface area contributed by atoms with E-state index in [2.05, 4.69) is 51.6 Å². The van der Waals surface area contributed by atoms with Crippen molar-refractivity contribution in [3.8, 4) is 0 Å². The minimum atomic E-state index is -1.82. The molecule has 1 aromatic carbocycles. The van der Waals surface area contributed by atoms with Crippen LogP contribution in [0, 0.1) is 0 Å². The molecule has 0 saturated carbocycles. The maximum atomic E-state index is 6.65. The molecule has 0 fully saturated rings. The van der Waals surface area contributed by atoms with Gasteiger partial charge in [0.2, 0.25) is 8.32 Å². The SMILES string of the molecule is C=Cc1ccc([Si](CCCC)(CCCC)OCCCC)cc1. The maximum absolute atomic E-state index is 6.65. The summed E-state index contributed by atoms with van der Waals surface area (Å²) in [5, 5.41) is 1.48. The zero-order chi connectivity index (χ0) is 16.3. The average molecular weight is 319 g/mol. The van der Waals surface area contributed by atoms with Crippen LogP contribution in [0.3, 0.4) is 0 Å². The van der Waals surface area contributed by atoms with Crippen LogP contribution in [0.4, 0.5) is 0 Å². The van der Waals surface area contributed by atoms with Gasteiger partial charge in [0.15, 0.2) is 0 Å². The van der Waals surface area contributed by atoms with Crippen molar-refractivity contribution in [3.63, 3.8) is 0 Å². The summed E-state index contributed by atoms with van der Waals surface area (Å²) in [5.74, 6) is 0. The molecule has 2 heteroatoms. The van der Waals surface area contributed by atoms with Crippen LogP contribution < -0.4 is 5.19 Å². The van der Waals surface area contributed by atoms with E-state index >= 15 is 0 Å². The lowest BCUT2D eigenvalue weighted by Gasteiger charge is -2.32. The minimum Gasteiger partial charge on any atom is -0.412 e. The molecule has 1 rings (SSSR count). The predicted molar refractivity (Wildman–Crippen MR) is 102 cm³/mol. The molecule has 1 aromatic rings. The van der Waals surface area contributed by atoms with Crippen molar-refractivity contribution in [1.82, 2.24) is 0 Å². The van der Waals surface area contributed by atoms with Crippen LogP contribution in [0.2, 0.25) is 12.1 Å². The van der Waals surface area contributed by atoms with E-state index in [1.807, 2.05) is 6.08 Å². The van der Waals surface area contributed by atoms with Gasteiger partial charge >= 0.3 is 0 Å². The third-order valence-corrected chi connectivity index (χ3v) is 8.88. The number of unbranched alkanes of at least 4 members (excludes halogenated alkanes) is 3. The molecule has 0 spiro atoms. The van der Waals surface area contributed by atoms with Gasteiger partial charge < -0.3 is 4.43 Å². The quantitative estimate of drug-likeness (QED) is 0.344. The van der Waals surface area contributed by atoms with Crippen LogP contribution in [0.25, 0.3) is 6.08 Å². The highest BCUT2D eigenvalue weighted by atomic mass is 28.4. The summed E-state index contributed by atoms with van der Waals surface area (Å²) < 4.78 is 6.65. The standard InChI is InChI=1S/C20H34OSi/c1-5-9-16-21-22(17-10-6-2,18-11-7-3)20-14-12-19(8-4)13-15-20/h8,12-15H,4-7,9-11,16-18H2,1-3H3. The first kappa shape index (κ1) is 19.2. The summed E-state index contributed by atoms with van der Waals surface area (Å²) in [5.41, 5.74) is 1.20. The Morgan fingerprint density at radius 2 is 1.45 bits per heavy atom. The first-order chi connectivity index (χ1) is 10.7. The van der Waals surface area contributed by atoms with Crippen molar-refractivity contribution in [2.75, 3.05) is 6.61 Å². The Kier molecular flexibility index (Phi) is 9.41.